The lowest BCUT2D eigenvalue weighted by Gasteiger charge is -2.25. The Morgan fingerprint density at radius 3 is 2.23 bits per heavy atom. The molecule has 0 spiro atoms. The molecular weight excluding hydrogens is 287 g/mol. The smallest absolute Gasteiger partial charge is 0.146 e. The maximum absolute atomic E-state index is 14.2. The number of benzene rings is 1. The van der Waals surface area contributed by atoms with E-state index in [-0.39, 0.29) is 5.82 Å². The van der Waals surface area contributed by atoms with Crippen LogP contribution in [0.2, 0.25) is 0 Å². The molecule has 0 radical (unpaired) electrons. The van der Waals surface area contributed by atoms with Crippen LogP contribution in [0.3, 0.4) is 0 Å². The number of rotatable bonds is 12. The van der Waals surface area contributed by atoms with Gasteiger partial charge in [-0.05, 0) is 17.7 Å². The maximum atomic E-state index is 14.2. The molecule has 0 bridgehead atoms. The van der Waals surface area contributed by atoms with Gasteiger partial charge in [-0.2, -0.15) is 0 Å². The average Bonchev–Trinajstić information content (AvgIpc) is 2.53. The van der Waals surface area contributed by atoms with E-state index in [0.717, 1.165) is 12.1 Å². The fourth-order valence-electron chi connectivity index (χ4n) is 2.07. The number of hydrogen-bond donors (Lipinski definition) is 1. The van der Waals surface area contributed by atoms with Crippen molar-refractivity contribution in [1.82, 2.24) is 5.32 Å². The summed E-state index contributed by atoms with van der Waals surface area (Å²) in [6.45, 7) is 4.43. The van der Waals surface area contributed by atoms with Gasteiger partial charge in [-0.15, -0.1) is 0 Å². The summed E-state index contributed by atoms with van der Waals surface area (Å²) in [5.74, 6) is -0.229. The van der Waals surface area contributed by atoms with E-state index in [9.17, 15) is 4.39 Å². The minimum Gasteiger partial charge on any atom is -0.383 e. The number of hydrogen-bond acceptors (Lipinski definition) is 5. The van der Waals surface area contributed by atoms with Crippen molar-refractivity contribution in [2.24, 2.45) is 0 Å². The van der Waals surface area contributed by atoms with Crippen molar-refractivity contribution in [2.45, 2.75) is 6.54 Å². The second kappa shape index (κ2) is 11.4. The van der Waals surface area contributed by atoms with Crippen LogP contribution in [0.15, 0.2) is 18.2 Å². The average molecular weight is 314 g/mol. The van der Waals surface area contributed by atoms with Crippen LogP contribution in [0.4, 0.5) is 10.1 Å². The molecule has 0 fully saturated rings. The van der Waals surface area contributed by atoms with Crippen molar-refractivity contribution in [3.63, 3.8) is 0 Å². The highest BCUT2D eigenvalue weighted by Crippen LogP contribution is 2.21. The maximum Gasteiger partial charge on any atom is 0.146 e. The molecule has 1 aromatic rings. The summed E-state index contributed by atoms with van der Waals surface area (Å²) in [6, 6.07) is 5.18. The van der Waals surface area contributed by atoms with Gasteiger partial charge in [-0.25, -0.2) is 4.39 Å². The Labute approximate surface area is 132 Å². The van der Waals surface area contributed by atoms with Crippen LogP contribution in [0.25, 0.3) is 0 Å². The Bertz CT molecular complexity index is 410. The zero-order chi connectivity index (χ0) is 16.2. The molecule has 0 amide bonds. The molecule has 0 aliphatic heterocycles. The first-order valence-electron chi connectivity index (χ1n) is 7.43. The Morgan fingerprint density at radius 1 is 1.00 bits per heavy atom. The quantitative estimate of drug-likeness (QED) is 0.594. The molecule has 0 aliphatic carbocycles. The van der Waals surface area contributed by atoms with Crippen molar-refractivity contribution in [3.8, 4) is 0 Å². The number of methoxy groups -OCH3 is 3. The third kappa shape index (κ3) is 6.70. The first-order valence-corrected chi connectivity index (χ1v) is 7.43. The Kier molecular flexibility index (Phi) is 9.74. The summed E-state index contributed by atoms with van der Waals surface area (Å²) in [5.41, 5.74) is 1.62. The third-order valence-corrected chi connectivity index (χ3v) is 3.29. The molecule has 0 heterocycles. The summed E-state index contributed by atoms with van der Waals surface area (Å²) < 4.78 is 29.4. The van der Waals surface area contributed by atoms with E-state index in [1.165, 1.54) is 6.07 Å². The topological polar surface area (TPSA) is 43.0 Å². The standard InChI is InChI=1S/C16H27FN2O3/c1-20-9-6-18-13-14-4-5-15(17)16(12-14)19(7-10-21-2)8-11-22-3/h4-5,12,18H,6-11,13H2,1-3H3. The minimum absolute atomic E-state index is 0.229. The van der Waals surface area contributed by atoms with E-state index in [4.69, 9.17) is 14.2 Å². The SMILES string of the molecule is COCCNCc1ccc(F)c(N(CCOC)CCOC)c1. The summed E-state index contributed by atoms with van der Waals surface area (Å²) in [4.78, 5) is 1.95. The van der Waals surface area contributed by atoms with Crippen LogP contribution in [-0.2, 0) is 20.8 Å². The molecule has 1 aromatic carbocycles. The van der Waals surface area contributed by atoms with Crippen molar-refractivity contribution in [2.75, 3.05) is 65.7 Å². The van der Waals surface area contributed by atoms with Gasteiger partial charge in [0.15, 0.2) is 0 Å². The number of halogens is 1. The lowest BCUT2D eigenvalue weighted by molar-refractivity contribution is 0.190. The van der Waals surface area contributed by atoms with E-state index in [0.29, 0.717) is 45.1 Å². The molecule has 5 nitrogen and oxygen atoms in total. The van der Waals surface area contributed by atoms with Crippen LogP contribution >= 0.6 is 0 Å². The molecule has 1 N–H and O–H groups in total. The van der Waals surface area contributed by atoms with Gasteiger partial charge in [-0.1, -0.05) is 6.07 Å². The van der Waals surface area contributed by atoms with Gasteiger partial charge in [0.2, 0.25) is 0 Å². The highest BCUT2D eigenvalue weighted by atomic mass is 19.1. The second-order valence-corrected chi connectivity index (χ2v) is 4.93. The number of anilines is 1. The highest BCUT2D eigenvalue weighted by molar-refractivity contribution is 5.50. The lowest BCUT2D eigenvalue weighted by Crippen LogP contribution is -2.31. The third-order valence-electron chi connectivity index (χ3n) is 3.29. The normalized spacial score (nSPS) is 10.9. The molecule has 6 heteroatoms. The highest BCUT2D eigenvalue weighted by Gasteiger charge is 2.12. The summed E-state index contributed by atoms with van der Waals surface area (Å²) in [5, 5.41) is 3.26. The molecule has 0 aromatic heterocycles. The van der Waals surface area contributed by atoms with Gasteiger partial charge in [0.05, 0.1) is 25.5 Å². The fraction of sp³-hybridized carbons (Fsp3) is 0.625. The molecule has 0 atom stereocenters. The van der Waals surface area contributed by atoms with Crippen molar-refractivity contribution in [3.05, 3.63) is 29.6 Å². The monoisotopic (exact) mass is 314 g/mol. The van der Waals surface area contributed by atoms with Crippen LogP contribution < -0.4 is 10.2 Å². The van der Waals surface area contributed by atoms with E-state index in [2.05, 4.69) is 5.32 Å². The molecule has 0 aliphatic rings. The van der Waals surface area contributed by atoms with Crippen LogP contribution in [0.1, 0.15) is 5.56 Å². The molecule has 126 valence electrons. The first-order chi connectivity index (χ1) is 10.7. The van der Waals surface area contributed by atoms with Crippen molar-refractivity contribution >= 4 is 5.69 Å². The fourth-order valence-corrected chi connectivity index (χ4v) is 2.07. The lowest BCUT2D eigenvalue weighted by atomic mass is 10.1. The predicted octanol–water partition coefficient (Wildman–Crippen LogP) is 1.66. The van der Waals surface area contributed by atoms with Gasteiger partial charge >= 0.3 is 0 Å². The van der Waals surface area contributed by atoms with Crippen LogP contribution in [0.5, 0.6) is 0 Å². The minimum atomic E-state index is -0.229. The summed E-state index contributed by atoms with van der Waals surface area (Å²) >= 11 is 0. The Morgan fingerprint density at radius 2 is 1.64 bits per heavy atom. The number of nitrogens with zero attached hydrogens (tertiary/aromatic N) is 1. The Hall–Kier alpha value is -1.21. The number of ether oxygens (including phenoxy) is 3. The van der Waals surface area contributed by atoms with Gasteiger partial charge in [0.1, 0.15) is 5.82 Å². The predicted molar refractivity (Wildman–Crippen MR) is 85.9 cm³/mol. The molecule has 0 saturated carbocycles. The van der Waals surface area contributed by atoms with Crippen molar-refractivity contribution < 1.29 is 18.6 Å². The molecule has 0 unspecified atom stereocenters. The summed E-state index contributed by atoms with van der Waals surface area (Å²) in [7, 11) is 4.95. The Balaban J connectivity index is 2.74. The van der Waals surface area contributed by atoms with E-state index >= 15 is 0 Å². The zero-order valence-corrected chi connectivity index (χ0v) is 13.7. The molecule has 0 saturated heterocycles. The van der Waals surface area contributed by atoms with Gasteiger partial charge in [0, 0.05) is 47.5 Å². The number of nitrogens with one attached hydrogen (secondary N) is 1. The zero-order valence-electron chi connectivity index (χ0n) is 13.7. The van der Waals surface area contributed by atoms with E-state index in [1.54, 1.807) is 27.4 Å². The van der Waals surface area contributed by atoms with Gasteiger partial charge < -0.3 is 24.4 Å². The first kappa shape index (κ1) is 18.8. The molecule has 22 heavy (non-hydrogen) atoms. The largest absolute Gasteiger partial charge is 0.383 e. The summed E-state index contributed by atoms with van der Waals surface area (Å²) in [6.07, 6.45) is 0. The van der Waals surface area contributed by atoms with Gasteiger partial charge in [-0.3, -0.25) is 0 Å². The van der Waals surface area contributed by atoms with Gasteiger partial charge in [0.25, 0.3) is 0 Å². The van der Waals surface area contributed by atoms with E-state index in [1.807, 2.05) is 11.0 Å². The van der Waals surface area contributed by atoms with Crippen LogP contribution in [0, 0.1) is 5.82 Å². The molecular formula is C16H27FN2O3. The van der Waals surface area contributed by atoms with E-state index < -0.39 is 0 Å². The van der Waals surface area contributed by atoms with Crippen LogP contribution in [-0.4, -0.2) is 60.8 Å². The molecule has 1 rings (SSSR count). The van der Waals surface area contributed by atoms with Crippen molar-refractivity contribution in [1.29, 1.82) is 0 Å². The second-order valence-electron chi connectivity index (χ2n) is 4.93.